The Hall–Kier alpha value is -1.73. The molecule has 3 aliphatic rings. The van der Waals surface area contributed by atoms with Gasteiger partial charge in [0.2, 0.25) is 0 Å². The van der Waals surface area contributed by atoms with E-state index in [1.165, 1.54) is 77.8 Å². The van der Waals surface area contributed by atoms with Crippen LogP contribution in [0.3, 0.4) is 0 Å². The van der Waals surface area contributed by atoms with Gasteiger partial charge in [-0.25, -0.2) is 0 Å². The second-order valence-electron chi connectivity index (χ2n) is 9.09. The minimum absolute atomic E-state index is 0.473. The van der Waals surface area contributed by atoms with Gasteiger partial charge in [0.05, 0.1) is 0 Å². The molecule has 0 unspecified atom stereocenters. The molecule has 0 aromatic carbocycles. The Bertz CT molecular complexity index is 782. The minimum atomic E-state index is 0.473. The monoisotopic (exact) mass is 397 g/mol. The van der Waals surface area contributed by atoms with Gasteiger partial charge in [0.1, 0.15) is 5.82 Å². The van der Waals surface area contributed by atoms with Crippen molar-refractivity contribution in [2.75, 3.05) is 57.3 Å². The Morgan fingerprint density at radius 3 is 2.10 bits per heavy atom. The molecule has 3 aliphatic heterocycles. The Morgan fingerprint density at radius 2 is 1.38 bits per heavy atom. The molecule has 0 aliphatic carbocycles. The first-order valence-corrected chi connectivity index (χ1v) is 11.8. The van der Waals surface area contributed by atoms with Crippen molar-refractivity contribution in [2.45, 2.75) is 57.3 Å². The Labute approximate surface area is 174 Å². The Morgan fingerprint density at radius 1 is 0.724 bits per heavy atom. The molecule has 3 fully saturated rings. The van der Waals surface area contributed by atoms with Crippen LogP contribution in [0.4, 0.5) is 5.82 Å². The average molecular weight is 398 g/mol. The molecule has 0 radical (unpaired) electrons. The predicted octanol–water partition coefficient (Wildman–Crippen LogP) is 2.78. The zero-order valence-corrected chi connectivity index (χ0v) is 17.7. The van der Waals surface area contributed by atoms with Crippen molar-refractivity contribution in [3.8, 4) is 0 Å². The molecule has 2 aromatic heterocycles. The van der Waals surface area contributed by atoms with E-state index in [9.17, 15) is 0 Å². The summed E-state index contributed by atoms with van der Waals surface area (Å²) in [5, 5.41) is 13.9. The van der Waals surface area contributed by atoms with E-state index in [0.717, 1.165) is 43.2 Å². The lowest BCUT2D eigenvalue weighted by Crippen LogP contribution is -2.39. The molecular formula is C22H35N7. The van der Waals surface area contributed by atoms with E-state index in [4.69, 9.17) is 5.10 Å². The molecule has 3 saturated heterocycles. The van der Waals surface area contributed by atoms with Crippen LogP contribution in [0.2, 0.25) is 0 Å². The normalized spacial score (nSPS) is 23.1. The number of likely N-dealkylation sites (tertiary alicyclic amines) is 2. The molecule has 7 heteroatoms. The van der Waals surface area contributed by atoms with Gasteiger partial charge in [-0.2, -0.15) is 4.52 Å². The van der Waals surface area contributed by atoms with E-state index in [1.54, 1.807) is 0 Å². The summed E-state index contributed by atoms with van der Waals surface area (Å²) in [5.41, 5.74) is 0.881. The maximum absolute atomic E-state index is 4.92. The zero-order valence-electron chi connectivity index (χ0n) is 17.7. The first-order chi connectivity index (χ1) is 14.4. The molecule has 0 saturated carbocycles. The fourth-order valence-corrected chi connectivity index (χ4v) is 5.22. The summed E-state index contributed by atoms with van der Waals surface area (Å²) in [7, 11) is 0. The van der Waals surface area contributed by atoms with Crippen molar-refractivity contribution in [3.05, 3.63) is 18.0 Å². The van der Waals surface area contributed by atoms with E-state index >= 15 is 0 Å². The van der Waals surface area contributed by atoms with E-state index < -0.39 is 0 Å². The van der Waals surface area contributed by atoms with Crippen LogP contribution in [0.25, 0.3) is 5.65 Å². The van der Waals surface area contributed by atoms with Crippen LogP contribution in [0.5, 0.6) is 0 Å². The van der Waals surface area contributed by atoms with E-state index in [1.807, 2.05) is 4.52 Å². The highest BCUT2D eigenvalue weighted by Gasteiger charge is 2.26. The second kappa shape index (κ2) is 8.96. The lowest BCUT2D eigenvalue weighted by Gasteiger charge is -2.32. The maximum atomic E-state index is 4.92. The summed E-state index contributed by atoms with van der Waals surface area (Å²) in [6.45, 7) is 9.61. The topological polar surface area (TPSA) is 52.8 Å². The van der Waals surface area contributed by atoms with Gasteiger partial charge in [-0.3, -0.25) is 0 Å². The summed E-state index contributed by atoms with van der Waals surface area (Å²) in [4.78, 5) is 7.71. The SMILES string of the molecule is c1cc2nnc(C3CCN(CCN4CCCCCC4)CC3)n2nc1N1CCCC1. The zero-order chi connectivity index (χ0) is 19.5. The number of aromatic nitrogens is 4. The van der Waals surface area contributed by atoms with Crippen molar-refractivity contribution in [2.24, 2.45) is 0 Å². The van der Waals surface area contributed by atoms with Crippen molar-refractivity contribution in [1.82, 2.24) is 29.6 Å². The fourth-order valence-electron chi connectivity index (χ4n) is 5.22. The van der Waals surface area contributed by atoms with E-state index in [-0.39, 0.29) is 0 Å². The summed E-state index contributed by atoms with van der Waals surface area (Å²) in [6.07, 6.45) is 10.5. The van der Waals surface area contributed by atoms with Crippen molar-refractivity contribution in [1.29, 1.82) is 0 Å². The molecular weight excluding hydrogens is 362 g/mol. The van der Waals surface area contributed by atoms with Gasteiger partial charge in [-0.1, -0.05) is 12.8 Å². The number of rotatable bonds is 5. The van der Waals surface area contributed by atoms with Crippen LogP contribution in [0, 0.1) is 0 Å². The molecule has 0 atom stereocenters. The van der Waals surface area contributed by atoms with Gasteiger partial charge >= 0.3 is 0 Å². The number of piperidine rings is 1. The summed E-state index contributed by atoms with van der Waals surface area (Å²) in [6, 6.07) is 4.18. The fraction of sp³-hybridized carbons (Fsp3) is 0.773. The number of anilines is 1. The summed E-state index contributed by atoms with van der Waals surface area (Å²) in [5.74, 6) is 2.61. The van der Waals surface area contributed by atoms with Gasteiger partial charge in [-0.15, -0.1) is 15.3 Å². The summed E-state index contributed by atoms with van der Waals surface area (Å²) < 4.78 is 2.02. The largest absolute Gasteiger partial charge is 0.355 e. The van der Waals surface area contributed by atoms with Gasteiger partial charge in [-0.05, 0) is 76.8 Å². The standard InChI is InChI=1S/C22H35N7/c1-2-4-12-26(11-3-1)17-18-27-15-9-19(10-16-27)22-24-23-20-7-8-21(25-29(20)22)28-13-5-6-14-28/h7-8,19H,1-6,9-18H2. The van der Waals surface area contributed by atoms with Crippen LogP contribution in [0.1, 0.15) is 63.1 Å². The van der Waals surface area contributed by atoms with Crippen molar-refractivity contribution in [3.63, 3.8) is 0 Å². The summed E-state index contributed by atoms with van der Waals surface area (Å²) >= 11 is 0. The molecule has 0 amide bonds. The number of fused-ring (bicyclic) bond motifs is 1. The van der Waals surface area contributed by atoms with Crippen LogP contribution in [-0.2, 0) is 0 Å². The Kier molecular flexibility index (Phi) is 5.95. The third kappa shape index (κ3) is 4.40. The molecule has 2 aromatic rings. The lowest BCUT2D eigenvalue weighted by molar-refractivity contribution is 0.172. The molecule has 0 bridgehead atoms. The van der Waals surface area contributed by atoms with Crippen molar-refractivity contribution < 1.29 is 0 Å². The molecule has 29 heavy (non-hydrogen) atoms. The first kappa shape index (κ1) is 19.2. The third-order valence-corrected chi connectivity index (χ3v) is 7.09. The quantitative estimate of drug-likeness (QED) is 0.773. The predicted molar refractivity (Wildman–Crippen MR) is 116 cm³/mol. The van der Waals surface area contributed by atoms with Crippen LogP contribution >= 0.6 is 0 Å². The molecule has 0 spiro atoms. The first-order valence-electron chi connectivity index (χ1n) is 11.8. The molecule has 7 nitrogen and oxygen atoms in total. The highest BCUT2D eigenvalue weighted by atomic mass is 15.4. The third-order valence-electron chi connectivity index (χ3n) is 7.09. The minimum Gasteiger partial charge on any atom is -0.355 e. The number of hydrogen-bond donors (Lipinski definition) is 0. The second-order valence-corrected chi connectivity index (χ2v) is 9.09. The smallest absolute Gasteiger partial charge is 0.178 e. The van der Waals surface area contributed by atoms with Gasteiger partial charge < -0.3 is 14.7 Å². The number of nitrogens with zero attached hydrogens (tertiary/aromatic N) is 7. The van der Waals surface area contributed by atoms with Crippen LogP contribution in [0.15, 0.2) is 12.1 Å². The van der Waals surface area contributed by atoms with Crippen molar-refractivity contribution >= 4 is 11.5 Å². The van der Waals surface area contributed by atoms with E-state index in [2.05, 4.69) is 37.0 Å². The molecule has 0 N–H and O–H groups in total. The highest BCUT2D eigenvalue weighted by Crippen LogP contribution is 2.27. The lowest BCUT2D eigenvalue weighted by atomic mass is 9.96. The highest BCUT2D eigenvalue weighted by molar-refractivity contribution is 5.46. The molecule has 158 valence electrons. The number of hydrogen-bond acceptors (Lipinski definition) is 6. The average Bonchev–Trinajstić information content (AvgIpc) is 3.37. The van der Waals surface area contributed by atoms with Crippen LogP contribution in [-0.4, -0.2) is 82.0 Å². The Balaban J connectivity index is 1.19. The molecule has 5 rings (SSSR count). The van der Waals surface area contributed by atoms with E-state index in [0.29, 0.717) is 5.92 Å². The van der Waals surface area contributed by atoms with Crippen LogP contribution < -0.4 is 4.90 Å². The molecule has 5 heterocycles. The maximum Gasteiger partial charge on any atom is 0.178 e. The van der Waals surface area contributed by atoms with Gasteiger partial charge in [0, 0.05) is 32.1 Å². The van der Waals surface area contributed by atoms with Gasteiger partial charge in [0.25, 0.3) is 0 Å². The van der Waals surface area contributed by atoms with Gasteiger partial charge in [0.15, 0.2) is 11.5 Å².